The van der Waals surface area contributed by atoms with Crippen LogP contribution in [0.25, 0.3) is 0 Å². The lowest BCUT2D eigenvalue weighted by molar-refractivity contribution is -0.127. The zero-order chi connectivity index (χ0) is 20.6. The second-order valence-electron chi connectivity index (χ2n) is 8.07. The Labute approximate surface area is 167 Å². The summed E-state index contributed by atoms with van der Waals surface area (Å²) in [7, 11) is 3.42. The van der Waals surface area contributed by atoms with Crippen LogP contribution in [0.15, 0.2) is 29.3 Å². The van der Waals surface area contributed by atoms with Crippen LogP contribution in [0.4, 0.5) is 4.39 Å². The van der Waals surface area contributed by atoms with E-state index in [1.54, 1.807) is 26.2 Å². The van der Waals surface area contributed by atoms with Gasteiger partial charge in [-0.1, -0.05) is 26.0 Å². The molecule has 7 heteroatoms. The number of likely N-dealkylation sites (N-methyl/N-ethyl adjacent to an activating group) is 1. The molecule has 156 valence electrons. The third kappa shape index (κ3) is 7.11. The van der Waals surface area contributed by atoms with Crippen LogP contribution in [0, 0.1) is 5.82 Å². The minimum absolute atomic E-state index is 0.0637. The predicted molar refractivity (Wildman–Crippen MR) is 110 cm³/mol. The van der Waals surface area contributed by atoms with E-state index in [0.29, 0.717) is 19.0 Å². The summed E-state index contributed by atoms with van der Waals surface area (Å²) in [6.45, 7) is 6.13. The predicted octanol–water partition coefficient (Wildman–Crippen LogP) is 2.30. The van der Waals surface area contributed by atoms with Gasteiger partial charge >= 0.3 is 0 Å². The zero-order valence-corrected chi connectivity index (χ0v) is 17.4. The summed E-state index contributed by atoms with van der Waals surface area (Å²) in [5, 5.41) is 6.59. The van der Waals surface area contributed by atoms with Gasteiger partial charge in [0.25, 0.3) is 0 Å². The van der Waals surface area contributed by atoms with Crippen LogP contribution in [0.3, 0.4) is 0 Å². The first kappa shape index (κ1) is 22.1. The third-order valence-electron chi connectivity index (χ3n) is 4.95. The molecule has 0 aromatic heterocycles. The van der Waals surface area contributed by atoms with Gasteiger partial charge in [0.15, 0.2) is 5.96 Å². The van der Waals surface area contributed by atoms with E-state index >= 15 is 0 Å². The summed E-state index contributed by atoms with van der Waals surface area (Å²) in [6, 6.07) is 6.63. The van der Waals surface area contributed by atoms with Crippen molar-refractivity contribution in [2.75, 3.05) is 40.3 Å². The Morgan fingerprint density at radius 3 is 2.75 bits per heavy atom. The van der Waals surface area contributed by atoms with Gasteiger partial charge in [0.05, 0.1) is 6.10 Å². The van der Waals surface area contributed by atoms with Crippen LogP contribution in [0.5, 0.6) is 0 Å². The molecule has 1 fully saturated rings. The fourth-order valence-corrected chi connectivity index (χ4v) is 2.96. The molecule has 6 nitrogen and oxygen atoms in total. The van der Waals surface area contributed by atoms with Crippen molar-refractivity contribution >= 4 is 11.9 Å². The number of carbonyl (C=O) groups is 1. The van der Waals surface area contributed by atoms with Crippen molar-refractivity contribution in [1.29, 1.82) is 0 Å². The molecule has 1 aliphatic rings. The Morgan fingerprint density at radius 1 is 1.32 bits per heavy atom. The van der Waals surface area contributed by atoms with Gasteiger partial charge in [-0.25, -0.2) is 9.38 Å². The molecular weight excluding hydrogens is 359 g/mol. The van der Waals surface area contributed by atoms with Crippen LogP contribution in [-0.4, -0.2) is 63.2 Å². The van der Waals surface area contributed by atoms with Gasteiger partial charge in [0, 0.05) is 39.2 Å². The molecule has 1 unspecified atom stereocenters. The molecule has 1 aliphatic heterocycles. The fraction of sp³-hybridized carbons (Fsp3) is 0.619. The SMILES string of the molecule is CN(C)C(=O)CN=C(NCC1CCCCO1)NCC(C)(C)c1cccc(F)c1. The molecule has 1 aromatic rings. The maximum Gasteiger partial charge on any atom is 0.243 e. The number of ether oxygens (including phenoxy) is 1. The van der Waals surface area contributed by atoms with Gasteiger partial charge in [-0.2, -0.15) is 0 Å². The van der Waals surface area contributed by atoms with Gasteiger partial charge in [0.2, 0.25) is 5.91 Å². The van der Waals surface area contributed by atoms with Gasteiger partial charge in [-0.05, 0) is 37.0 Å². The van der Waals surface area contributed by atoms with E-state index in [2.05, 4.69) is 15.6 Å². The summed E-state index contributed by atoms with van der Waals surface area (Å²) in [4.78, 5) is 17.8. The molecule has 0 aliphatic carbocycles. The van der Waals surface area contributed by atoms with Crippen molar-refractivity contribution < 1.29 is 13.9 Å². The van der Waals surface area contributed by atoms with Gasteiger partial charge in [-0.3, -0.25) is 4.79 Å². The van der Waals surface area contributed by atoms with Crippen molar-refractivity contribution in [3.63, 3.8) is 0 Å². The van der Waals surface area contributed by atoms with Crippen molar-refractivity contribution in [2.24, 2.45) is 4.99 Å². The molecular formula is C21H33FN4O2. The van der Waals surface area contributed by atoms with Crippen molar-refractivity contribution in [2.45, 2.75) is 44.6 Å². The number of rotatable bonds is 7. The molecule has 2 rings (SSSR count). The highest BCUT2D eigenvalue weighted by atomic mass is 19.1. The number of guanidine groups is 1. The van der Waals surface area contributed by atoms with Gasteiger partial charge in [0.1, 0.15) is 12.4 Å². The molecule has 2 N–H and O–H groups in total. The topological polar surface area (TPSA) is 66.0 Å². The van der Waals surface area contributed by atoms with E-state index < -0.39 is 0 Å². The van der Waals surface area contributed by atoms with Gasteiger partial charge in [-0.15, -0.1) is 0 Å². The lowest BCUT2D eigenvalue weighted by Gasteiger charge is -2.28. The molecule has 1 aromatic carbocycles. The van der Waals surface area contributed by atoms with Crippen molar-refractivity contribution in [3.05, 3.63) is 35.6 Å². The van der Waals surface area contributed by atoms with E-state index in [-0.39, 0.29) is 29.8 Å². The number of halogens is 1. The maximum atomic E-state index is 13.6. The molecule has 1 saturated heterocycles. The fourth-order valence-electron chi connectivity index (χ4n) is 2.96. The van der Waals surface area contributed by atoms with Crippen LogP contribution in [-0.2, 0) is 14.9 Å². The van der Waals surface area contributed by atoms with E-state index in [9.17, 15) is 9.18 Å². The Kier molecular flexibility index (Phi) is 8.23. The molecule has 1 atom stereocenters. The average molecular weight is 393 g/mol. The van der Waals surface area contributed by atoms with E-state index in [4.69, 9.17) is 4.74 Å². The highest BCUT2D eigenvalue weighted by Gasteiger charge is 2.22. The molecule has 0 spiro atoms. The Morgan fingerprint density at radius 2 is 2.11 bits per heavy atom. The van der Waals surface area contributed by atoms with E-state index in [1.807, 2.05) is 19.9 Å². The average Bonchev–Trinajstić information content (AvgIpc) is 2.67. The minimum atomic E-state index is -0.308. The third-order valence-corrected chi connectivity index (χ3v) is 4.95. The number of benzene rings is 1. The molecule has 28 heavy (non-hydrogen) atoms. The van der Waals surface area contributed by atoms with Crippen molar-refractivity contribution in [3.8, 4) is 0 Å². The van der Waals surface area contributed by atoms with Crippen LogP contribution in [0.1, 0.15) is 38.7 Å². The first-order chi connectivity index (χ1) is 13.3. The first-order valence-electron chi connectivity index (χ1n) is 9.88. The summed E-state index contributed by atoms with van der Waals surface area (Å²) in [5.74, 6) is 0.247. The number of nitrogens with zero attached hydrogens (tertiary/aromatic N) is 2. The van der Waals surface area contributed by atoms with E-state index in [1.165, 1.54) is 11.0 Å². The number of aliphatic imine (C=N–C) groups is 1. The molecule has 0 radical (unpaired) electrons. The monoisotopic (exact) mass is 392 g/mol. The largest absolute Gasteiger partial charge is 0.376 e. The summed E-state index contributed by atoms with van der Waals surface area (Å²) < 4.78 is 19.4. The zero-order valence-electron chi connectivity index (χ0n) is 17.4. The van der Waals surface area contributed by atoms with E-state index in [0.717, 1.165) is 31.4 Å². The van der Waals surface area contributed by atoms with Crippen LogP contribution < -0.4 is 10.6 Å². The first-order valence-corrected chi connectivity index (χ1v) is 9.88. The highest BCUT2D eigenvalue weighted by molar-refractivity contribution is 5.84. The standard InChI is InChI=1S/C21H33FN4O2/c1-21(2,16-8-7-9-17(22)12-16)15-25-20(24-14-19(27)26(3)4)23-13-18-10-5-6-11-28-18/h7-9,12,18H,5-6,10-11,13-15H2,1-4H3,(H2,23,24,25). The Balaban J connectivity index is 2.00. The van der Waals surface area contributed by atoms with Crippen molar-refractivity contribution in [1.82, 2.24) is 15.5 Å². The lowest BCUT2D eigenvalue weighted by atomic mass is 9.84. The highest BCUT2D eigenvalue weighted by Crippen LogP contribution is 2.22. The molecule has 1 amide bonds. The second-order valence-corrected chi connectivity index (χ2v) is 8.07. The molecule has 1 heterocycles. The number of nitrogens with one attached hydrogen (secondary N) is 2. The van der Waals surface area contributed by atoms with Gasteiger partial charge < -0.3 is 20.3 Å². The lowest BCUT2D eigenvalue weighted by Crippen LogP contribution is -2.46. The molecule has 0 saturated carbocycles. The number of hydrogen-bond donors (Lipinski definition) is 2. The number of amides is 1. The smallest absolute Gasteiger partial charge is 0.243 e. The number of hydrogen-bond acceptors (Lipinski definition) is 3. The normalized spacial score (nSPS) is 17.9. The summed E-state index contributed by atoms with van der Waals surface area (Å²) >= 11 is 0. The number of carbonyl (C=O) groups excluding carboxylic acids is 1. The maximum absolute atomic E-state index is 13.6. The Hall–Kier alpha value is -2.15. The summed E-state index contributed by atoms with van der Waals surface area (Å²) in [6.07, 6.45) is 3.44. The minimum Gasteiger partial charge on any atom is -0.376 e. The van der Waals surface area contributed by atoms with Crippen LogP contribution in [0.2, 0.25) is 0 Å². The quantitative estimate of drug-likeness (QED) is 0.552. The van der Waals surface area contributed by atoms with Crippen LogP contribution >= 0.6 is 0 Å². The summed E-state index contributed by atoms with van der Waals surface area (Å²) in [5.41, 5.74) is 0.594. The molecule has 0 bridgehead atoms. The Bertz CT molecular complexity index is 670. The second kappa shape index (κ2) is 10.4.